The molecule has 2 aromatic rings. The van der Waals surface area contributed by atoms with E-state index >= 15 is 0 Å². The van der Waals surface area contributed by atoms with E-state index < -0.39 is 11.5 Å². The van der Waals surface area contributed by atoms with Crippen LogP contribution in [0.1, 0.15) is 18.9 Å². The molecule has 2 heterocycles. The third kappa shape index (κ3) is 1.70. The summed E-state index contributed by atoms with van der Waals surface area (Å²) < 4.78 is 1.86. The van der Waals surface area contributed by atoms with Crippen molar-refractivity contribution in [2.75, 3.05) is 13.2 Å². The molecule has 0 aromatic carbocycles. The smallest absolute Gasteiger partial charge is 0.165 e. The van der Waals surface area contributed by atoms with Gasteiger partial charge in [0, 0.05) is 5.41 Å². The van der Waals surface area contributed by atoms with Crippen LogP contribution in [0.4, 0.5) is 0 Å². The molecule has 0 saturated heterocycles. The predicted octanol–water partition coefficient (Wildman–Crippen LogP) is 0.392. The van der Waals surface area contributed by atoms with Crippen molar-refractivity contribution in [3.63, 3.8) is 0 Å². The van der Waals surface area contributed by atoms with Gasteiger partial charge in [0.2, 0.25) is 0 Å². The SMILES string of the molecule is OCC1(CO)C[C@H]2C[C@@H]1[C@H](O)[C@@H]2n1cnc2c(Cl)ncnc21. The van der Waals surface area contributed by atoms with Gasteiger partial charge in [0.05, 0.1) is 31.7 Å². The highest BCUT2D eigenvalue weighted by Gasteiger charge is 2.60. The molecule has 3 N–H and O–H groups in total. The van der Waals surface area contributed by atoms with E-state index in [0.29, 0.717) is 22.7 Å². The monoisotopic (exact) mass is 324 g/mol. The van der Waals surface area contributed by atoms with Crippen LogP contribution in [0.5, 0.6) is 0 Å². The van der Waals surface area contributed by atoms with Crippen molar-refractivity contribution in [1.29, 1.82) is 0 Å². The van der Waals surface area contributed by atoms with Gasteiger partial charge < -0.3 is 19.9 Å². The molecule has 2 aliphatic carbocycles. The highest BCUT2D eigenvalue weighted by molar-refractivity contribution is 6.33. The molecular formula is C14H17ClN4O3. The summed E-state index contributed by atoms with van der Waals surface area (Å²) in [7, 11) is 0. The zero-order valence-corrected chi connectivity index (χ0v) is 12.6. The number of fused-ring (bicyclic) bond motifs is 3. The molecule has 4 atom stereocenters. The van der Waals surface area contributed by atoms with Crippen LogP contribution in [0.25, 0.3) is 11.2 Å². The van der Waals surface area contributed by atoms with Crippen molar-refractivity contribution in [1.82, 2.24) is 19.5 Å². The van der Waals surface area contributed by atoms with Crippen LogP contribution in [-0.2, 0) is 0 Å². The Kier molecular flexibility index (Phi) is 3.16. The number of rotatable bonds is 3. The van der Waals surface area contributed by atoms with E-state index in [1.165, 1.54) is 6.33 Å². The Morgan fingerprint density at radius 1 is 1.27 bits per heavy atom. The average molecular weight is 325 g/mol. The molecule has 2 bridgehead atoms. The van der Waals surface area contributed by atoms with Crippen LogP contribution in [0.15, 0.2) is 12.7 Å². The summed E-state index contributed by atoms with van der Waals surface area (Å²) in [6.07, 6.45) is 3.84. The van der Waals surface area contributed by atoms with Crippen LogP contribution in [0.3, 0.4) is 0 Å². The minimum absolute atomic E-state index is 0.104. The maximum absolute atomic E-state index is 10.7. The van der Waals surface area contributed by atoms with Gasteiger partial charge >= 0.3 is 0 Å². The van der Waals surface area contributed by atoms with Crippen molar-refractivity contribution in [3.05, 3.63) is 17.8 Å². The highest BCUT2D eigenvalue weighted by atomic mass is 35.5. The summed E-state index contributed by atoms with van der Waals surface area (Å²) in [5, 5.41) is 30.3. The second-order valence-electron chi connectivity index (χ2n) is 6.45. The quantitative estimate of drug-likeness (QED) is 0.706. The zero-order valence-electron chi connectivity index (χ0n) is 11.8. The highest BCUT2D eigenvalue weighted by Crippen LogP contribution is 2.59. The summed E-state index contributed by atoms with van der Waals surface area (Å²) in [4.78, 5) is 12.4. The average Bonchev–Trinajstić information content (AvgIpc) is 3.19. The van der Waals surface area contributed by atoms with E-state index in [4.69, 9.17) is 11.6 Å². The second kappa shape index (κ2) is 4.86. The number of nitrogens with zero attached hydrogens (tertiary/aromatic N) is 4. The first kappa shape index (κ1) is 14.3. The molecule has 0 amide bonds. The van der Waals surface area contributed by atoms with Crippen molar-refractivity contribution < 1.29 is 15.3 Å². The predicted molar refractivity (Wildman–Crippen MR) is 78.2 cm³/mol. The zero-order chi connectivity index (χ0) is 15.5. The van der Waals surface area contributed by atoms with E-state index in [1.54, 1.807) is 6.33 Å². The number of imidazole rings is 1. The van der Waals surface area contributed by atoms with Gasteiger partial charge in [-0.15, -0.1) is 0 Å². The fraction of sp³-hybridized carbons (Fsp3) is 0.643. The summed E-state index contributed by atoms with van der Waals surface area (Å²) in [5.74, 6) is 0.0534. The number of aliphatic hydroxyl groups excluding tert-OH is 3. The lowest BCUT2D eigenvalue weighted by Gasteiger charge is -2.40. The Labute approximate surface area is 131 Å². The molecule has 118 valence electrons. The van der Waals surface area contributed by atoms with E-state index in [2.05, 4.69) is 15.0 Å². The number of aromatic nitrogens is 4. The van der Waals surface area contributed by atoms with Gasteiger partial charge in [-0.05, 0) is 24.7 Å². The third-order valence-electron chi connectivity index (χ3n) is 5.52. The maximum atomic E-state index is 10.7. The van der Waals surface area contributed by atoms with Gasteiger partial charge in [0.1, 0.15) is 11.8 Å². The third-order valence-corrected chi connectivity index (χ3v) is 5.80. The molecule has 4 rings (SSSR count). The minimum Gasteiger partial charge on any atom is -0.396 e. The molecule has 7 nitrogen and oxygen atoms in total. The number of hydrogen-bond donors (Lipinski definition) is 3. The molecule has 2 fully saturated rings. The molecule has 8 heteroatoms. The van der Waals surface area contributed by atoms with Crippen LogP contribution in [-0.4, -0.2) is 54.2 Å². The maximum Gasteiger partial charge on any atom is 0.165 e. The first-order chi connectivity index (χ1) is 10.6. The molecule has 2 aromatic heterocycles. The van der Waals surface area contributed by atoms with E-state index in [-0.39, 0.29) is 31.1 Å². The molecule has 0 aliphatic heterocycles. The molecule has 0 unspecified atom stereocenters. The van der Waals surface area contributed by atoms with Crippen molar-refractivity contribution in [3.8, 4) is 0 Å². The summed E-state index contributed by atoms with van der Waals surface area (Å²) in [6.45, 7) is -0.208. The van der Waals surface area contributed by atoms with Crippen LogP contribution in [0, 0.1) is 17.3 Å². The Bertz CT molecular complexity index is 715. The molecular weight excluding hydrogens is 308 g/mol. The lowest BCUT2D eigenvalue weighted by molar-refractivity contribution is -0.0645. The lowest BCUT2D eigenvalue weighted by atomic mass is 9.71. The fourth-order valence-electron chi connectivity index (χ4n) is 4.46. The first-order valence-electron chi connectivity index (χ1n) is 7.34. The largest absolute Gasteiger partial charge is 0.396 e. The topological polar surface area (TPSA) is 104 Å². The van der Waals surface area contributed by atoms with Crippen molar-refractivity contribution in [2.24, 2.45) is 17.3 Å². The molecule has 2 saturated carbocycles. The number of hydrogen-bond acceptors (Lipinski definition) is 6. The van der Waals surface area contributed by atoms with Crippen molar-refractivity contribution >= 4 is 22.8 Å². The first-order valence-corrected chi connectivity index (χ1v) is 7.72. The van der Waals surface area contributed by atoms with E-state index in [0.717, 1.165) is 6.42 Å². The summed E-state index contributed by atoms with van der Waals surface area (Å²) >= 11 is 6.03. The summed E-state index contributed by atoms with van der Waals surface area (Å²) in [5.41, 5.74) is 0.550. The Balaban J connectivity index is 1.75. The van der Waals surface area contributed by atoms with Crippen LogP contribution >= 0.6 is 11.6 Å². The normalized spacial score (nSPS) is 32.9. The molecule has 2 aliphatic rings. The van der Waals surface area contributed by atoms with E-state index in [9.17, 15) is 15.3 Å². The van der Waals surface area contributed by atoms with Gasteiger partial charge in [-0.25, -0.2) is 15.0 Å². The lowest BCUT2D eigenvalue weighted by Crippen LogP contribution is -2.45. The van der Waals surface area contributed by atoms with Gasteiger partial charge in [-0.3, -0.25) is 0 Å². The van der Waals surface area contributed by atoms with Crippen LogP contribution < -0.4 is 0 Å². The van der Waals surface area contributed by atoms with E-state index in [1.807, 2.05) is 4.57 Å². The van der Waals surface area contributed by atoms with Crippen molar-refractivity contribution in [2.45, 2.75) is 25.0 Å². The molecule has 22 heavy (non-hydrogen) atoms. The Morgan fingerprint density at radius 3 is 2.73 bits per heavy atom. The number of aliphatic hydroxyl groups is 3. The number of halogens is 1. The molecule has 0 radical (unpaired) electrons. The Morgan fingerprint density at radius 2 is 2.05 bits per heavy atom. The summed E-state index contributed by atoms with van der Waals surface area (Å²) in [6, 6.07) is -0.160. The Hall–Kier alpha value is -1.28. The second-order valence-corrected chi connectivity index (χ2v) is 6.81. The standard InChI is InChI=1S/C14H17ClN4O3/c15-12-9-13(17-5-16-12)19(6-18-9)10-7-1-8(11(10)22)14(2-7,3-20)4-21/h5-8,10-11,20-22H,1-4H2/t7-,8-,10-,11+/m1/s1. The van der Waals surface area contributed by atoms with Gasteiger partial charge in [-0.2, -0.15) is 0 Å². The minimum atomic E-state index is -0.649. The van der Waals surface area contributed by atoms with Gasteiger partial charge in [-0.1, -0.05) is 11.6 Å². The van der Waals surface area contributed by atoms with Gasteiger partial charge in [0.25, 0.3) is 0 Å². The molecule has 0 spiro atoms. The fourth-order valence-corrected chi connectivity index (χ4v) is 4.64. The van der Waals surface area contributed by atoms with Gasteiger partial charge in [0.15, 0.2) is 10.8 Å². The van der Waals surface area contributed by atoms with Crippen LogP contribution in [0.2, 0.25) is 5.15 Å².